The average Bonchev–Trinajstić information content (AvgIpc) is 3.00. The second-order valence-corrected chi connectivity index (χ2v) is 9.62. The van der Waals surface area contributed by atoms with Gasteiger partial charge < -0.3 is 15.2 Å². The molecule has 2 aliphatic carbocycles. The molecule has 0 aromatic carbocycles. The van der Waals surface area contributed by atoms with Gasteiger partial charge in [0.15, 0.2) is 9.84 Å². The van der Waals surface area contributed by atoms with Gasteiger partial charge in [0.25, 0.3) is 0 Å². The standard InChI is InChI=1S/C16H27NO6S/c1-4-23-12-9-16(14(19)20,15(12,2)3)17-13(18)10-24(21,22)11-7-5-6-8-11/h11-12H,4-10H2,1-3H3,(H,17,18)(H,19,20). The topological polar surface area (TPSA) is 110 Å². The van der Waals surface area contributed by atoms with E-state index in [1.54, 1.807) is 13.8 Å². The van der Waals surface area contributed by atoms with Crippen LogP contribution in [0, 0.1) is 5.41 Å². The zero-order chi connectivity index (χ0) is 18.2. The number of hydrogen-bond acceptors (Lipinski definition) is 5. The number of nitrogens with one attached hydrogen (secondary N) is 1. The van der Waals surface area contributed by atoms with Crippen LogP contribution in [0.25, 0.3) is 0 Å². The maximum Gasteiger partial charge on any atom is 0.330 e. The lowest BCUT2D eigenvalue weighted by molar-refractivity contribution is -0.194. The molecule has 2 N–H and O–H groups in total. The van der Waals surface area contributed by atoms with Crippen LogP contribution in [0.4, 0.5) is 0 Å². The molecule has 2 aliphatic rings. The summed E-state index contributed by atoms with van der Waals surface area (Å²) in [7, 11) is -3.54. The largest absolute Gasteiger partial charge is 0.479 e. The van der Waals surface area contributed by atoms with Crippen molar-refractivity contribution >= 4 is 21.7 Å². The Morgan fingerprint density at radius 2 is 1.83 bits per heavy atom. The molecule has 2 unspecified atom stereocenters. The number of rotatable bonds is 7. The van der Waals surface area contributed by atoms with Crippen LogP contribution >= 0.6 is 0 Å². The van der Waals surface area contributed by atoms with E-state index in [1.807, 2.05) is 6.92 Å². The van der Waals surface area contributed by atoms with Gasteiger partial charge in [-0.1, -0.05) is 26.7 Å². The number of ether oxygens (including phenoxy) is 1. The summed E-state index contributed by atoms with van der Waals surface area (Å²) in [4.78, 5) is 24.1. The fourth-order valence-electron chi connectivity index (χ4n) is 3.86. The van der Waals surface area contributed by atoms with Crippen molar-refractivity contribution in [1.29, 1.82) is 0 Å². The van der Waals surface area contributed by atoms with Gasteiger partial charge >= 0.3 is 5.97 Å². The van der Waals surface area contributed by atoms with Crippen molar-refractivity contribution in [3.05, 3.63) is 0 Å². The van der Waals surface area contributed by atoms with E-state index in [2.05, 4.69) is 5.32 Å². The highest BCUT2D eigenvalue weighted by molar-refractivity contribution is 7.92. The molecular weight excluding hydrogens is 334 g/mol. The summed E-state index contributed by atoms with van der Waals surface area (Å²) in [6, 6.07) is 0. The number of carbonyl (C=O) groups is 2. The quantitative estimate of drug-likeness (QED) is 0.703. The van der Waals surface area contributed by atoms with Crippen molar-refractivity contribution in [2.45, 2.75) is 69.8 Å². The van der Waals surface area contributed by atoms with Gasteiger partial charge in [-0.3, -0.25) is 4.79 Å². The van der Waals surface area contributed by atoms with Crippen LogP contribution in [-0.4, -0.2) is 54.7 Å². The van der Waals surface area contributed by atoms with E-state index >= 15 is 0 Å². The Hall–Kier alpha value is -1.15. The SMILES string of the molecule is CCOC1CC(NC(=O)CS(=O)(=O)C2CCCC2)(C(=O)O)C1(C)C. The van der Waals surface area contributed by atoms with E-state index in [1.165, 1.54) is 0 Å². The summed E-state index contributed by atoms with van der Waals surface area (Å²) >= 11 is 0. The number of aliphatic carboxylic acids is 1. The molecule has 2 atom stereocenters. The smallest absolute Gasteiger partial charge is 0.330 e. The van der Waals surface area contributed by atoms with Crippen LogP contribution in [0.2, 0.25) is 0 Å². The fourth-order valence-corrected chi connectivity index (χ4v) is 5.58. The predicted octanol–water partition coefficient (Wildman–Crippen LogP) is 1.12. The molecule has 24 heavy (non-hydrogen) atoms. The molecule has 138 valence electrons. The third-order valence-electron chi connectivity index (χ3n) is 5.62. The number of sulfone groups is 1. The van der Waals surface area contributed by atoms with E-state index in [4.69, 9.17) is 4.74 Å². The fraction of sp³-hybridized carbons (Fsp3) is 0.875. The molecule has 0 heterocycles. The molecule has 8 heteroatoms. The summed E-state index contributed by atoms with van der Waals surface area (Å²) < 4.78 is 30.1. The highest BCUT2D eigenvalue weighted by atomic mass is 32.2. The van der Waals surface area contributed by atoms with Crippen molar-refractivity contribution in [1.82, 2.24) is 5.32 Å². The lowest BCUT2D eigenvalue weighted by Crippen LogP contribution is -2.76. The number of carboxylic acid groups (broad SMARTS) is 1. The van der Waals surface area contributed by atoms with Crippen molar-refractivity contribution < 1.29 is 27.9 Å². The summed E-state index contributed by atoms with van der Waals surface area (Å²) in [5.41, 5.74) is -2.31. The molecule has 2 fully saturated rings. The lowest BCUT2D eigenvalue weighted by Gasteiger charge is -2.58. The normalized spacial score (nSPS) is 29.9. The van der Waals surface area contributed by atoms with Crippen molar-refractivity contribution in [3.8, 4) is 0 Å². The van der Waals surface area contributed by atoms with Gasteiger partial charge in [0.1, 0.15) is 11.3 Å². The first-order valence-electron chi connectivity index (χ1n) is 8.44. The van der Waals surface area contributed by atoms with Crippen LogP contribution in [-0.2, 0) is 24.2 Å². The van der Waals surface area contributed by atoms with E-state index in [0.717, 1.165) is 12.8 Å². The lowest BCUT2D eigenvalue weighted by atomic mass is 9.54. The monoisotopic (exact) mass is 361 g/mol. The Labute approximate surface area is 143 Å². The van der Waals surface area contributed by atoms with Gasteiger partial charge in [-0.2, -0.15) is 0 Å². The molecule has 0 bridgehead atoms. The molecule has 2 saturated carbocycles. The van der Waals surface area contributed by atoms with E-state index in [9.17, 15) is 23.1 Å². The summed E-state index contributed by atoms with van der Waals surface area (Å²) in [6.07, 6.45) is 2.72. The van der Waals surface area contributed by atoms with Gasteiger partial charge in [0.2, 0.25) is 5.91 Å². The Morgan fingerprint density at radius 1 is 1.25 bits per heavy atom. The Morgan fingerprint density at radius 3 is 2.29 bits per heavy atom. The molecule has 0 aromatic heterocycles. The minimum Gasteiger partial charge on any atom is -0.479 e. The van der Waals surface area contributed by atoms with Gasteiger partial charge in [0.05, 0.1) is 11.4 Å². The van der Waals surface area contributed by atoms with Crippen LogP contribution in [0.15, 0.2) is 0 Å². The highest BCUT2D eigenvalue weighted by Crippen LogP contribution is 2.51. The predicted molar refractivity (Wildman–Crippen MR) is 88.4 cm³/mol. The molecule has 7 nitrogen and oxygen atoms in total. The van der Waals surface area contributed by atoms with Gasteiger partial charge in [-0.25, -0.2) is 13.2 Å². The van der Waals surface area contributed by atoms with Crippen LogP contribution in [0.5, 0.6) is 0 Å². The van der Waals surface area contributed by atoms with Gasteiger partial charge in [-0.15, -0.1) is 0 Å². The average molecular weight is 361 g/mol. The number of amides is 1. The molecule has 0 radical (unpaired) electrons. The number of hydrogen-bond donors (Lipinski definition) is 2. The molecule has 0 aromatic rings. The van der Waals surface area contributed by atoms with Crippen molar-refractivity contribution in [3.63, 3.8) is 0 Å². The van der Waals surface area contributed by atoms with Crippen molar-refractivity contribution in [2.75, 3.05) is 12.4 Å². The Bertz CT molecular complexity index is 608. The van der Waals surface area contributed by atoms with E-state index in [0.29, 0.717) is 19.4 Å². The summed E-state index contributed by atoms with van der Waals surface area (Å²) in [5.74, 6) is -2.55. The summed E-state index contributed by atoms with van der Waals surface area (Å²) in [6.45, 7) is 5.71. The van der Waals surface area contributed by atoms with Gasteiger partial charge in [-0.05, 0) is 19.8 Å². The van der Waals surface area contributed by atoms with Gasteiger partial charge in [0, 0.05) is 18.4 Å². The molecule has 0 aliphatic heterocycles. The Balaban J connectivity index is 2.09. The molecule has 1 amide bonds. The second kappa shape index (κ2) is 6.63. The highest BCUT2D eigenvalue weighted by Gasteiger charge is 2.66. The Kier molecular flexibility index (Phi) is 5.30. The van der Waals surface area contributed by atoms with Crippen LogP contribution in [0.3, 0.4) is 0 Å². The first kappa shape index (κ1) is 19.2. The van der Waals surface area contributed by atoms with Crippen LogP contribution in [0.1, 0.15) is 52.9 Å². The van der Waals surface area contributed by atoms with E-state index < -0.39 is 43.7 Å². The zero-order valence-corrected chi connectivity index (χ0v) is 15.3. The van der Waals surface area contributed by atoms with E-state index in [-0.39, 0.29) is 12.5 Å². The first-order valence-corrected chi connectivity index (χ1v) is 10.2. The second-order valence-electron chi connectivity index (χ2n) is 7.34. The molecule has 2 rings (SSSR count). The van der Waals surface area contributed by atoms with Crippen LogP contribution < -0.4 is 5.32 Å². The van der Waals surface area contributed by atoms with Crippen molar-refractivity contribution in [2.24, 2.45) is 5.41 Å². The minimum atomic E-state index is -3.54. The molecule has 0 saturated heterocycles. The first-order chi connectivity index (χ1) is 11.1. The minimum absolute atomic E-state index is 0.137. The maximum atomic E-state index is 12.3. The molecule has 0 spiro atoms. The number of carboxylic acids is 1. The molecular formula is C16H27NO6S. The maximum absolute atomic E-state index is 12.3. The third kappa shape index (κ3) is 3.18. The number of carbonyl (C=O) groups excluding carboxylic acids is 1. The third-order valence-corrected chi connectivity index (χ3v) is 7.78. The summed E-state index contributed by atoms with van der Waals surface area (Å²) in [5, 5.41) is 11.7. The zero-order valence-electron chi connectivity index (χ0n) is 14.5.